The largest absolute Gasteiger partial charge is 0.0655 e. The fourth-order valence-corrected chi connectivity index (χ4v) is 6.89. The van der Waals surface area contributed by atoms with E-state index in [1.54, 1.807) is 22.3 Å². The van der Waals surface area contributed by atoms with Crippen LogP contribution in [0, 0.1) is 0 Å². The van der Waals surface area contributed by atoms with E-state index in [-0.39, 0.29) is 37.0 Å². The summed E-state index contributed by atoms with van der Waals surface area (Å²) in [5, 5.41) is 0. The molecule has 2 aromatic carbocycles. The van der Waals surface area contributed by atoms with Crippen molar-refractivity contribution in [1.82, 2.24) is 0 Å². The quantitative estimate of drug-likeness (QED) is 0.356. The third-order valence-corrected chi connectivity index (χ3v) is 8.61. The van der Waals surface area contributed by atoms with Crippen molar-refractivity contribution < 1.29 is 26.2 Å². The van der Waals surface area contributed by atoms with E-state index < -0.39 is 0 Å². The van der Waals surface area contributed by atoms with Gasteiger partial charge in [-0.2, -0.15) is 0 Å². The van der Waals surface area contributed by atoms with Crippen molar-refractivity contribution in [3.8, 4) is 0 Å². The second-order valence-electron chi connectivity index (χ2n) is 11.7. The van der Waals surface area contributed by atoms with E-state index in [1.165, 1.54) is 34.3 Å². The minimum atomic E-state index is 0. The Morgan fingerprint density at radius 3 is 1.38 bits per heavy atom. The Morgan fingerprint density at radius 1 is 0.656 bits per heavy atom. The van der Waals surface area contributed by atoms with Gasteiger partial charge in [0, 0.05) is 47.6 Å². The molecule has 0 bridgehead atoms. The van der Waals surface area contributed by atoms with Crippen LogP contribution in [0.3, 0.4) is 0 Å². The zero-order valence-electron chi connectivity index (χ0n) is 21.2. The van der Waals surface area contributed by atoms with Crippen LogP contribution in [0.4, 0.5) is 0 Å². The molecule has 0 saturated carbocycles. The number of allylic oxidation sites excluding steroid dienone is 2. The number of hydrogen-bond donors (Lipinski definition) is 0. The van der Waals surface area contributed by atoms with Crippen LogP contribution in [0.15, 0.2) is 47.5 Å². The summed E-state index contributed by atoms with van der Waals surface area (Å²) < 4.78 is 0. The molecule has 32 heavy (non-hydrogen) atoms. The van der Waals surface area contributed by atoms with Gasteiger partial charge >= 0.3 is 0 Å². The molecule has 0 aliphatic heterocycles. The van der Waals surface area contributed by atoms with Crippen LogP contribution >= 0.6 is 0 Å². The second-order valence-corrected chi connectivity index (χ2v) is 13.0. The van der Waals surface area contributed by atoms with Crippen LogP contribution in [0.2, 0.25) is 12.1 Å². The van der Waals surface area contributed by atoms with Crippen molar-refractivity contribution >= 4 is 21.7 Å². The third-order valence-electron chi connectivity index (χ3n) is 7.22. The minimum Gasteiger partial charge on any atom is -0.0655 e. The van der Waals surface area contributed by atoms with Crippen LogP contribution in [0.1, 0.15) is 101 Å². The Kier molecular flexibility index (Phi) is 7.49. The number of benzene rings is 2. The first-order valence-electron chi connectivity index (χ1n) is 11.8. The fraction of sp³-hybridized carbons (Fsp3) is 0.467. The molecule has 0 saturated heterocycles. The second kappa shape index (κ2) is 9.34. The van der Waals surface area contributed by atoms with Crippen LogP contribution in [-0.2, 0) is 37.0 Å². The summed E-state index contributed by atoms with van der Waals surface area (Å²) in [7, 11) is 0.987. The molecule has 2 heteroatoms. The normalized spacial score (nSPS) is 19.8. The molecule has 2 radical (unpaired) electrons. The molecular formula is C30H38SiZr. The monoisotopic (exact) mass is 516 g/mol. The topological polar surface area (TPSA) is 0 Å². The van der Waals surface area contributed by atoms with Crippen LogP contribution in [-0.4, -0.2) is 9.52 Å². The van der Waals surface area contributed by atoms with E-state index >= 15 is 0 Å². The van der Waals surface area contributed by atoms with Crippen LogP contribution in [0.5, 0.6) is 0 Å². The summed E-state index contributed by atoms with van der Waals surface area (Å²) in [5.74, 6) is 1.21. The Balaban J connectivity index is 0.00000289. The average molecular weight is 518 g/mol. The molecule has 2 aliphatic rings. The van der Waals surface area contributed by atoms with Gasteiger partial charge in [0.2, 0.25) is 0 Å². The number of rotatable bonds is 4. The van der Waals surface area contributed by atoms with Crippen molar-refractivity contribution in [3.05, 3.63) is 80.9 Å². The molecule has 0 N–H and O–H groups in total. The third kappa shape index (κ3) is 5.07. The predicted octanol–water partition coefficient (Wildman–Crippen LogP) is 8.52. The molecule has 2 aliphatic carbocycles. The molecular weight excluding hydrogens is 480 g/mol. The zero-order valence-corrected chi connectivity index (χ0v) is 24.6. The SMILES string of the molecule is CC1=Cc2cc(C(C)(C)C)ccc2C1C[Si]CC1C(C)=Cc2cc(C(C)(C)C)ccc21.[Zr]. The van der Waals surface area contributed by atoms with E-state index in [9.17, 15) is 0 Å². The van der Waals surface area contributed by atoms with Gasteiger partial charge in [-0.25, -0.2) is 0 Å². The van der Waals surface area contributed by atoms with Crippen molar-refractivity contribution in [2.45, 2.75) is 90.1 Å². The molecule has 0 spiro atoms. The molecule has 166 valence electrons. The first-order valence-corrected chi connectivity index (χ1v) is 13.2. The van der Waals surface area contributed by atoms with Crippen molar-refractivity contribution in [1.29, 1.82) is 0 Å². The van der Waals surface area contributed by atoms with Crippen LogP contribution in [0.25, 0.3) is 12.2 Å². The van der Waals surface area contributed by atoms with Gasteiger partial charge in [-0.05, 0) is 58.1 Å². The van der Waals surface area contributed by atoms with Gasteiger partial charge in [-0.1, -0.05) is 113 Å². The van der Waals surface area contributed by atoms with Crippen LogP contribution < -0.4 is 0 Å². The standard InChI is InChI=1S/C30H38Si.Zr/c1-19-13-21-15-23(29(3,4)5)9-11-25(21)27(19)17-31-18-28-20(2)14-22-16-24(30(6,7)8)10-12-26(22)28;/h9-16,27-28H,17-18H2,1-8H3;. The first kappa shape index (κ1) is 25.6. The molecule has 4 rings (SSSR count). The molecule has 2 unspecified atom stereocenters. The van der Waals surface area contributed by atoms with Crippen molar-refractivity contribution in [3.63, 3.8) is 0 Å². The summed E-state index contributed by atoms with van der Waals surface area (Å²) in [5.41, 5.74) is 12.4. The van der Waals surface area contributed by atoms with Crippen molar-refractivity contribution in [2.75, 3.05) is 0 Å². The molecule has 0 nitrogen and oxygen atoms in total. The maximum Gasteiger partial charge on any atom is 0.0397 e. The van der Waals surface area contributed by atoms with E-state index in [2.05, 4.69) is 104 Å². The zero-order chi connectivity index (χ0) is 22.6. The minimum absolute atomic E-state index is 0. The Labute approximate surface area is 217 Å². The smallest absolute Gasteiger partial charge is 0.0397 e. The molecule has 2 aromatic rings. The number of fused-ring (bicyclic) bond motifs is 2. The predicted molar refractivity (Wildman–Crippen MR) is 138 cm³/mol. The Hall–Kier alpha value is -0.980. The van der Waals surface area contributed by atoms with Gasteiger partial charge in [0.05, 0.1) is 0 Å². The molecule has 0 amide bonds. The maximum absolute atomic E-state index is 2.43. The van der Waals surface area contributed by atoms with Gasteiger partial charge < -0.3 is 0 Å². The van der Waals surface area contributed by atoms with Gasteiger partial charge in [0.15, 0.2) is 0 Å². The number of hydrogen-bond acceptors (Lipinski definition) is 0. The van der Waals surface area contributed by atoms with Gasteiger partial charge in [-0.3, -0.25) is 0 Å². The fourth-order valence-electron chi connectivity index (χ4n) is 5.06. The molecule has 2 atom stereocenters. The van der Waals surface area contributed by atoms with E-state index in [4.69, 9.17) is 0 Å². The van der Waals surface area contributed by atoms with Crippen molar-refractivity contribution in [2.24, 2.45) is 0 Å². The maximum atomic E-state index is 2.43. The van der Waals surface area contributed by atoms with E-state index in [1.807, 2.05) is 0 Å². The molecule has 0 heterocycles. The molecule has 0 aromatic heterocycles. The van der Waals surface area contributed by atoms with Gasteiger partial charge in [0.1, 0.15) is 0 Å². The van der Waals surface area contributed by atoms with Gasteiger partial charge in [0.25, 0.3) is 0 Å². The summed E-state index contributed by atoms with van der Waals surface area (Å²) in [6.07, 6.45) is 4.87. The van der Waals surface area contributed by atoms with E-state index in [0.717, 1.165) is 9.52 Å². The van der Waals surface area contributed by atoms with E-state index in [0.29, 0.717) is 11.8 Å². The Bertz CT molecular complexity index is 974. The average Bonchev–Trinajstić information content (AvgIpc) is 3.15. The summed E-state index contributed by atoms with van der Waals surface area (Å²) in [4.78, 5) is 0. The first-order chi connectivity index (χ1) is 14.4. The Morgan fingerprint density at radius 2 is 1.03 bits per heavy atom. The molecule has 0 fully saturated rings. The summed E-state index contributed by atoms with van der Waals surface area (Å²) in [6.45, 7) is 18.5. The summed E-state index contributed by atoms with van der Waals surface area (Å²) in [6, 6.07) is 16.9. The summed E-state index contributed by atoms with van der Waals surface area (Å²) >= 11 is 0. The van der Waals surface area contributed by atoms with Gasteiger partial charge in [-0.15, -0.1) is 0 Å².